The van der Waals surface area contributed by atoms with E-state index in [1.165, 1.54) is 25.3 Å². The molecule has 2 heteroatoms. The van der Waals surface area contributed by atoms with E-state index in [2.05, 4.69) is 19.2 Å². The number of benzene rings is 1. The van der Waals surface area contributed by atoms with Crippen LogP contribution in [-0.2, 0) is 0 Å². The summed E-state index contributed by atoms with van der Waals surface area (Å²) in [5, 5.41) is 3.52. The fourth-order valence-electron chi connectivity index (χ4n) is 2.13. The molecule has 1 aromatic rings. The van der Waals surface area contributed by atoms with Crippen molar-refractivity contribution < 1.29 is 4.39 Å². The van der Waals surface area contributed by atoms with E-state index in [-0.39, 0.29) is 11.9 Å². The third kappa shape index (κ3) is 4.47. The highest BCUT2D eigenvalue weighted by Crippen LogP contribution is 2.18. The molecule has 0 aliphatic heterocycles. The Morgan fingerprint density at radius 1 is 1.24 bits per heavy atom. The van der Waals surface area contributed by atoms with Crippen molar-refractivity contribution in [2.24, 2.45) is 0 Å². The first-order valence-electron chi connectivity index (χ1n) is 6.69. The van der Waals surface area contributed by atoms with Gasteiger partial charge in [0.1, 0.15) is 5.82 Å². The summed E-state index contributed by atoms with van der Waals surface area (Å²) in [7, 11) is 0. The molecule has 1 N–H and O–H groups in total. The summed E-state index contributed by atoms with van der Waals surface area (Å²) in [5.74, 6) is -0.113. The van der Waals surface area contributed by atoms with Gasteiger partial charge in [0.2, 0.25) is 0 Å². The van der Waals surface area contributed by atoms with Crippen LogP contribution in [0.3, 0.4) is 0 Å². The number of nitrogens with one attached hydrogen (secondary N) is 1. The minimum atomic E-state index is -0.113. The Kier molecular flexibility index (Phi) is 6.20. The van der Waals surface area contributed by atoms with Crippen LogP contribution in [0.25, 0.3) is 0 Å². The highest BCUT2D eigenvalue weighted by atomic mass is 19.1. The Labute approximate surface area is 104 Å². The second-order valence-electron chi connectivity index (χ2n) is 4.66. The van der Waals surface area contributed by atoms with Gasteiger partial charge in [0, 0.05) is 17.6 Å². The molecule has 0 fully saturated rings. The third-order valence-electron chi connectivity index (χ3n) is 3.26. The van der Waals surface area contributed by atoms with Crippen LogP contribution in [0.15, 0.2) is 24.3 Å². The van der Waals surface area contributed by atoms with Crippen molar-refractivity contribution in [3.8, 4) is 0 Å². The third-order valence-corrected chi connectivity index (χ3v) is 3.26. The lowest BCUT2D eigenvalue weighted by Gasteiger charge is -2.22. The highest BCUT2D eigenvalue weighted by molar-refractivity contribution is 5.20. The summed E-state index contributed by atoms with van der Waals surface area (Å²) < 4.78 is 13.6. The molecule has 0 aromatic heterocycles. The van der Waals surface area contributed by atoms with Gasteiger partial charge in [0.25, 0.3) is 0 Å². The Bertz CT molecular complexity index is 324. The number of hydrogen-bond acceptors (Lipinski definition) is 1. The van der Waals surface area contributed by atoms with Crippen LogP contribution in [0.1, 0.15) is 58.1 Å². The van der Waals surface area contributed by atoms with E-state index in [0.717, 1.165) is 12.0 Å². The number of hydrogen-bond donors (Lipinski definition) is 1. The summed E-state index contributed by atoms with van der Waals surface area (Å²) in [6.45, 7) is 6.42. The van der Waals surface area contributed by atoms with Gasteiger partial charge in [-0.15, -0.1) is 0 Å². The van der Waals surface area contributed by atoms with Gasteiger partial charge in [-0.2, -0.15) is 0 Å². The van der Waals surface area contributed by atoms with Gasteiger partial charge in [-0.3, -0.25) is 0 Å². The lowest BCUT2D eigenvalue weighted by Crippen LogP contribution is -2.31. The zero-order valence-corrected chi connectivity index (χ0v) is 11.2. The lowest BCUT2D eigenvalue weighted by molar-refractivity contribution is 0.402. The topological polar surface area (TPSA) is 12.0 Å². The van der Waals surface area contributed by atoms with Crippen molar-refractivity contribution in [3.63, 3.8) is 0 Å². The molecule has 0 heterocycles. The van der Waals surface area contributed by atoms with Gasteiger partial charge in [0.15, 0.2) is 0 Å². The van der Waals surface area contributed by atoms with E-state index in [1.54, 1.807) is 6.07 Å². The minimum absolute atomic E-state index is 0.0815. The van der Waals surface area contributed by atoms with E-state index in [0.29, 0.717) is 6.04 Å². The summed E-state index contributed by atoms with van der Waals surface area (Å²) in [6, 6.07) is 7.59. The van der Waals surface area contributed by atoms with Gasteiger partial charge >= 0.3 is 0 Å². The molecule has 0 spiro atoms. The normalized spacial score (nSPS) is 14.6. The molecule has 2 unspecified atom stereocenters. The molecule has 0 bridgehead atoms. The van der Waals surface area contributed by atoms with Crippen molar-refractivity contribution in [3.05, 3.63) is 35.6 Å². The Morgan fingerprint density at radius 3 is 2.53 bits per heavy atom. The monoisotopic (exact) mass is 237 g/mol. The minimum Gasteiger partial charge on any atom is -0.307 e. The van der Waals surface area contributed by atoms with E-state index in [4.69, 9.17) is 0 Å². The molecular weight excluding hydrogens is 213 g/mol. The molecule has 17 heavy (non-hydrogen) atoms. The molecule has 96 valence electrons. The average molecular weight is 237 g/mol. The van der Waals surface area contributed by atoms with Gasteiger partial charge < -0.3 is 5.32 Å². The average Bonchev–Trinajstić information content (AvgIpc) is 2.34. The summed E-state index contributed by atoms with van der Waals surface area (Å²) >= 11 is 0. The van der Waals surface area contributed by atoms with Crippen LogP contribution in [-0.4, -0.2) is 6.04 Å². The van der Waals surface area contributed by atoms with Crippen molar-refractivity contribution in [2.75, 3.05) is 0 Å². The molecule has 0 aliphatic rings. The van der Waals surface area contributed by atoms with E-state index in [9.17, 15) is 4.39 Å². The summed E-state index contributed by atoms with van der Waals surface area (Å²) in [5.41, 5.74) is 0.766. The fraction of sp³-hybridized carbons (Fsp3) is 0.600. The second-order valence-corrected chi connectivity index (χ2v) is 4.66. The number of unbranched alkanes of at least 4 members (excludes halogenated alkanes) is 1. The molecular formula is C15H24FN. The predicted molar refractivity (Wildman–Crippen MR) is 71.6 cm³/mol. The Balaban J connectivity index is 2.58. The van der Waals surface area contributed by atoms with Gasteiger partial charge in [0.05, 0.1) is 0 Å². The Hall–Kier alpha value is -0.890. The number of halogens is 1. The smallest absolute Gasteiger partial charge is 0.127 e. The summed E-state index contributed by atoms with van der Waals surface area (Å²) in [6.07, 6.45) is 4.71. The maximum Gasteiger partial charge on any atom is 0.127 e. The quantitative estimate of drug-likeness (QED) is 0.739. The van der Waals surface area contributed by atoms with Crippen molar-refractivity contribution in [1.82, 2.24) is 5.32 Å². The van der Waals surface area contributed by atoms with Crippen LogP contribution in [0.4, 0.5) is 4.39 Å². The maximum absolute atomic E-state index is 13.6. The largest absolute Gasteiger partial charge is 0.307 e. The van der Waals surface area contributed by atoms with Crippen molar-refractivity contribution in [1.29, 1.82) is 0 Å². The molecule has 0 saturated heterocycles. The van der Waals surface area contributed by atoms with Crippen LogP contribution >= 0.6 is 0 Å². The molecule has 1 aromatic carbocycles. The van der Waals surface area contributed by atoms with Crippen LogP contribution in [0, 0.1) is 5.82 Å². The van der Waals surface area contributed by atoms with E-state index < -0.39 is 0 Å². The Morgan fingerprint density at radius 2 is 1.94 bits per heavy atom. The van der Waals surface area contributed by atoms with E-state index in [1.807, 2.05) is 19.1 Å². The molecule has 0 radical (unpaired) electrons. The van der Waals surface area contributed by atoms with Gasteiger partial charge in [-0.25, -0.2) is 4.39 Å². The first kappa shape index (κ1) is 14.2. The van der Waals surface area contributed by atoms with Crippen LogP contribution in [0.2, 0.25) is 0 Å². The highest BCUT2D eigenvalue weighted by Gasteiger charge is 2.13. The first-order valence-corrected chi connectivity index (χ1v) is 6.69. The zero-order valence-electron chi connectivity index (χ0n) is 11.2. The van der Waals surface area contributed by atoms with Crippen LogP contribution in [0.5, 0.6) is 0 Å². The van der Waals surface area contributed by atoms with Crippen molar-refractivity contribution >= 4 is 0 Å². The van der Waals surface area contributed by atoms with Gasteiger partial charge in [-0.05, 0) is 25.8 Å². The molecule has 0 saturated carbocycles. The maximum atomic E-state index is 13.6. The zero-order chi connectivity index (χ0) is 12.7. The molecule has 2 atom stereocenters. The molecule has 0 amide bonds. The van der Waals surface area contributed by atoms with Gasteiger partial charge in [-0.1, -0.05) is 44.9 Å². The molecule has 0 aliphatic carbocycles. The summed E-state index contributed by atoms with van der Waals surface area (Å²) in [4.78, 5) is 0. The first-order chi connectivity index (χ1) is 8.19. The SMILES string of the molecule is CCCCC(CC)NC(C)c1ccccc1F. The second kappa shape index (κ2) is 7.44. The number of rotatable bonds is 7. The molecule has 1 rings (SSSR count). The van der Waals surface area contributed by atoms with E-state index >= 15 is 0 Å². The van der Waals surface area contributed by atoms with Crippen LogP contribution < -0.4 is 5.32 Å². The predicted octanol–water partition coefficient (Wildman–Crippen LogP) is 4.45. The lowest BCUT2D eigenvalue weighted by atomic mass is 10.0. The fourth-order valence-corrected chi connectivity index (χ4v) is 2.13. The molecule has 1 nitrogen and oxygen atoms in total. The van der Waals surface area contributed by atoms with Crippen molar-refractivity contribution in [2.45, 2.75) is 58.5 Å². The standard InChI is InChI=1S/C15H24FN/c1-4-6-9-13(5-2)17-12(3)14-10-7-8-11-15(14)16/h7-8,10-13,17H,4-6,9H2,1-3H3.